The van der Waals surface area contributed by atoms with Crippen LogP contribution in [-0.4, -0.2) is 22.4 Å². The highest BCUT2D eigenvalue weighted by Crippen LogP contribution is 2.18. The zero-order valence-corrected chi connectivity index (χ0v) is 11.1. The number of rotatable bonds is 6. The van der Waals surface area contributed by atoms with E-state index in [1.54, 1.807) is 6.20 Å². The van der Waals surface area contributed by atoms with Crippen molar-refractivity contribution in [3.8, 4) is 0 Å². The van der Waals surface area contributed by atoms with E-state index in [1.165, 1.54) is 6.33 Å². The second kappa shape index (κ2) is 7.01. The van der Waals surface area contributed by atoms with E-state index in [1.807, 2.05) is 0 Å². The summed E-state index contributed by atoms with van der Waals surface area (Å²) in [5, 5.41) is 3.29. The summed E-state index contributed by atoms with van der Waals surface area (Å²) in [6.07, 6.45) is 5.43. The van der Waals surface area contributed by atoms with Gasteiger partial charge in [0.2, 0.25) is 0 Å². The Hall–Kier alpha value is -0.350. The lowest BCUT2D eigenvalue weighted by atomic mass is 10.0. The normalized spacial score (nSPS) is 12.5. The molecule has 0 aromatic carbocycles. The van der Waals surface area contributed by atoms with E-state index in [9.17, 15) is 0 Å². The molecular formula is C10H15BrClN3. The molecule has 0 saturated carbocycles. The van der Waals surface area contributed by atoms with Gasteiger partial charge in [0.1, 0.15) is 12.1 Å². The van der Waals surface area contributed by atoms with Crippen molar-refractivity contribution in [2.75, 3.05) is 17.7 Å². The summed E-state index contributed by atoms with van der Waals surface area (Å²) in [6, 6.07) is 0. The summed E-state index contributed by atoms with van der Waals surface area (Å²) in [6.45, 7) is 3.08. The van der Waals surface area contributed by atoms with Crippen molar-refractivity contribution >= 4 is 33.3 Å². The highest BCUT2D eigenvalue weighted by atomic mass is 79.9. The summed E-state index contributed by atoms with van der Waals surface area (Å²) in [7, 11) is 0. The molecule has 0 spiro atoms. The molecule has 0 aliphatic rings. The van der Waals surface area contributed by atoms with Crippen LogP contribution in [0.1, 0.15) is 19.8 Å². The van der Waals surface area contributed by atoms with Crippen LogP contribution in [-0.2, 0) is 0 Å². The van der Waals surface area contributed by atoms with Gasteiger partial charge in [-0.05, 0) is 28.3 Å². The first-order valence-corrected chi connectivity index (χ1v) is 6.36. The molecule has 0 fully saturated rings. The number of halogens is 2. The highest BCUT2D eigenvalue weighted by molar-refractivity contribution is 9.10. The van der Waals surface area contributed by atoms with Gasteiger partial charge >= 0.3 is 0 Å². The second-order valence-corrected chi connectivity index (χ2v) is 4.58. The summed E-state index contributed by atoms with van der Waals surface area (Å²) in [4.78, 5) is 8.05. The minimum absolute atomic E-state index is 0.601. The van der Waals surface area contributed by atoms with Gasteiger partial charge in [0.15, 0.2) is 0 Å². The first-order chi connectivity index (χ1) is 7.27. The summed E-state index contributed by atoms with van der Waals surface area (Å²) >= 11 is 9.12. The molecule has 0 aliphatic heterocycles. The number of nitrogens with zero attached hydrogens (tertiary/aromatic N) is 2. The van der Waals surface area contributed by atoms with Crippen molar-refractivity contribution in [2.45, 2.75) is 19.8 Å². The summed E-state index contributed by atoms with van der Waals surface area (Å²) in [5.74, 6) is 2.16. The lowest BCUT2D eigenvalue weighted by Gasteiger charge is -2.14. The van der Waals surface area contributed by atoms with Crippen molar-refractivity contribution in [1.29, 1.82) is 0 Å². The maximum atomic E-state index is 5.73. The minimum atomic E-state index is 0.601. The molecule has 15 heavy (non-hydrogen) atoms. The van der Waals surface area contributed by atoms with Crippen LogP contribution in [0.3, 0.4) is 0 Å². The Morgan fingerprint density at radius 1 is 1.60 bits per heavy atom. The zero-order chi connectivity index (χ0) is 11.1. The first-order valence-electron chi connectivity index (χ1n) is 5.03. The zero-order valence-electron chi connectivity index (χ0n) is 8.71. The monoisotopic (exact) mass is 291 g/mol. The van der Waals surface area contributed by atoms with Gasteiger partial charge in [-0.1, -0.05) is 13.3 Å². The number of anilines is 1. The van der Waals surface area contributed by atoms with Gasteiger partial charge in [0.25, 0.3) is 0 Å². The van der Waals surface area contributed by atoms with Crippen LogP contribution in [0.25, 0.3) is 0 Å². The van der Waals surface area contributed by atoms with Crippen molar-refractivity contribution in [2.24, 2.45) is 5.92 Å². The number of alkyl halides is 1. The number of nitrogens with one attached hydrogen (secondary N) is 1. The van der Waals surface area contributed by atoms with Crippen LogP contribution < -0.4 is 5.32 Å². The van der Waals surface area contributed by atoms with E-state index in [-0.39, 0.29) is 0 Å². The first kappa shape index (κ1) is 12.7. The molecule has 1 atom stereocenters. The van der Waals surface area contributed by atoms with E-state index >= 15 is 0 Å². The van der Waals surface area contributed by atoms with E-state index < -0.39 is 0 Å². The lowest BCUT2D eigenvalue weighted by Crippen LogP contribution is -2.15. The Morgan fingerprint density at radius 3 is 3.00 bits per heavy atom. The van der Waals surface area contributed by atoms with E-state index in [2.05, 4.69) is 38.1 Å². The SMILES string of the molecule is CCC(CCCl)CNc1ncncc1Br. The Bertz CT molecular complexity index is 296. The minimum Gasteiger partial charge on any atom is -0.369 e. The molecule has 0 amide bonds. The topological polar surface area (TPSA) is 37.8 Å². The molecule has 5 heteroatoms. The third kappa shape index (κ3) is 4.34. The van der Waals surface area contributed by atoms with Crippen LogP contribution in [0.2, 0.25) is 0 Å². The van der Waals surface area contributed by atoms with Crippen LogP contribution in [0.15, 0.2) is 17.0 Å². The van der Waals surface area contributed by atoms with E-state index in [4.69, 9.17) is 11.6 Å². The quantitative estimate of drug-likeness (QED) is 0.818. The van der Waals surface area contributed by atoms with Gasteiger partial charge in [0.05, 0.1) is 4.47 Å². The highest BCUT2D eigenvalue weighted by Gasteiger charge is 2.07. The molecule has 1 aromatic heterocycles. The predicted molar refractivity (Wildman–Crippen MR) is 67.3 cm³/mol. The van der Waals surface area contributed by atoms with Crippen molar-refractivity contribution < 1.29 is 0 Å². The van der Waals surface area contributed by atoms with Crippen LogP contribution in [0.4, 0.5) is 5.82 Å². The van der Waals surface area contributed by atoms with Gasteiger partial charge < -0.3 is 5.32 Å². The second-order valence-electron chi connectivity index (χ2n) is 3.35. The fraction of sp³-hybridized carbons (Fsp3) is 0.600. The molecule has 1 unspecified atom stereocenters. The van der Waals surface area contributed by atoms with Gasteiger partial charge in [-0.25, -0.2) is 9.97 Å². The third-order valence-electron chi connectivity index (χ3n) is 2.32. The Morgan fingerprint density at radius 2 is 2.40 bits per heavy atom. The third-order valence-corrected chi connectivity index (χ3v) is 3.12. The molecule has 0 bridgehead atoms. The van der Waals surface area contributed by atoms with Gasteiger partial charge in [-0.15, -0.1) is 11.6 Å². The molecule has 3 nitrogen and oxygen atoms in total. The van der Waals surface area contributed by atoms with Gasteiger partial charge in [-0.2, -0.15) is 0 Å². The van der Waals surface area contributed by atoms with Gasteiger partial charge in [0, 0.05) is 18.6 Å². The molecule has 1 heterocycles. The lowest BCUT2D eigenvalue weighted by molar-refractivity contribution is 0.521. The molecule has 0 radical (unpaired) electrons. The van der Waals surface area contributed by atoms with Crippen LogP contribution >= 0.6 is 27.5 Å². The summed E-state index contributed by atoms with van der Waals surface area (Å²) < 4.78 is 0.894. The average Bonchev–Trinajstić information content (AvgIpc) is 2.26. The van der Waals surface area contributed by atoms with Crippen molar-refractivity contribution in [3.63, 3.8) is 0 Å². The molecule has 1 rings (SSSR count). The van der Waals surface area contributed by atoms with E-state index in [0.29, 0.717) is 11.8 Å². The van der Waals surface area contributed by atoms with E-state index in [0.717, 1.165) is 29.7 Å². The van der Waals surface area contributed by atoms with Crippen LogP contribution in [0, 0.1) is 5.92 Å². The largest absolute Gasteiger partial charge is 0.369 e. The number of hydrogen-bond acceptors (Lipinski definition) is 3. The number of aromatic nitrogens is 2. The Balaban J connectivity index is 2.45. The fourth-order valence-corrected chi connectivity index (χ4v) is 1.96. The molecule has 1 aromatic rings. The smallest absolute Gasteiger partial charge is 0.143 e. The standard InChI is InChI=1S/C10H15BrClN3/c1-2-8(3-4-12)5-14-10-9(11)6-13-7-15-10/h6-8H,2-5H2,1H3,(H,13,14,15). The molecule has 84 valence electrons. The molecular weight excluding hydrogens is 277 g/mol. The summed E-state index contributed by atoms with van der Waals surface area (Å²) in [5.41, 5.74) is 0. The molecule has 0 aliphatic carbocycles. The van der Waals surface area contributed by atoms with Crippen molar-refractivity contribution in [3.05, 3.63) is 17.0 Å². The van der Waals surface area contributed by atoms with Crippen LogP contribution in [0.5, 0.6) is 0 Å². The maximum Gasteiger partial charge on any atom is 0.143 e. The number of hydrogen-bond donors (Lipinski definition) is 1. The Labute approximate surface area is 104 Å². The molecule has 1 N–H and O–H groups in total. The average molecular weight is 293 g/mol. The van der Waals surface area contributed by atoms with Crippen molar-refractivity contribution in [1.82, 2.24) is 9.97 Å². The Kier molecular flexibility index (Phi) is 5.95. The predicted octanol–water partition coefficient (Wildman–Crippen LogP) is 3.31. The van der Waals surface area contributed by atoms with Gasteiger partial charge in [-0.3, -0.25) is 0 Å². The fourth-order valence-electron chi connectivity index (χ4n) is 1.29. The maximum absolute atomic E-state index is 5.73. The molecule has 0 saturated heterocycles.